The number of hydrogen-bond donors (Lipinski definition) is 1. The fourth-order valence-electron chi connectivity index (χ4n) is 2.77. The van der Waals surface area contributed by atoms with Crippen LogP contribution < -0.4 is 5.32 Å². The standard InChI is InChI=1S/C13H16N4S/c1-2-10(1)17-5-3-9(7-17)16-12-11-4-6-18-13(11)15-8-14-12/h4,6,8-10H,1-3,5,7H2,(H,14,15,16)/t9-/m1/s1. The van der Waals surface area contributed by atoms with Crippen LogP contribution in [0.15, 0.2) is 17.8 Å². The summed E-state index contributed by atoms with van der Waals surface area (Å²) in [4.78, 5) is 12.4. The second kappa shape index (κ2) is 4.17. The van der Waals surface area contributed by atoms with Crippen LogP contribution in [0.4, 0.5) is 5.82 Å². The zero-order valence-corrected chi connectivity index (χ0v) is 11.0. The van der Waals surface area contributed by atoms with E-state index in [0.717, 1.165) is 22.1 Å². The molecule has 5 heteroatoms. The zero-order chi connectivity index (χ0) is 11.9. The summed E-state index contributed by atoms with van der Waals surface area (Å²) >= 11 is 1.67. The maximum absolute atomic E-state index is 4.39. The maximum atomic E-state index is 4.39. The van der Waals surface area contributed by atoms with Crippen LogP contribution in [-0.2, 0) is 0 Å². The monoisotopic (exact) mass is 260 g/mol. The van der Waals surface area contributed by atoms with Crippen LogP contribution in [0, 0.1) is 0 Å². The predicted octanol–water partition coefficient (Wildman–Crippen LogP) is 2.34. The van der Waals surface area contributed by atoms with Crippen molar-refractivity contribution in [2.45, 2.75) is 31.3 Å². The van der Waals surface area contributed by atoms with Crippen LogP contribution in [-0.4, -0.2) is 40.0 Å². The lowest BCUT2D eigenvalue weighted by Crippen LogP contribution is -2.28. The number of aromatic nitrogens is 2. The first-order valence-electron chi connectivity index (χ1n) is 6.59. The average molecular weight is 260 g/mol. The summed E-state index contributed by atoms with van der Waals surface area (Å²) in [6.45, 7) is 2.40. The molecular weight excluding hydrogens is 244 g/mol. The van der Waals surface area contributed by atoms with Gasteiger partial charge in [-0.3, -0.25) is 4.90 Å². The Morgan fingerprint density at radius 3 is 3.11 bits per heavy atom. The van der Waals surface area contributed by atoms with E-state index in [1.54, 1.807) is 17.7 Å². The number of nitrogens with zero attached hydrogens (tertiary/aromatic N) is 3. The van der Waals surface area contributed by atoms with Gasteiger partial charge in [0.2, 0.25) is 0 Å². The summed E-state index contributed by atoms with van der Waals surface area (Å²) in [5.41, 5.74) is 0. The Morgan fingerprint density at radius 1 is 1.28 bits per heavy atom. The molecule has 2 fully saturated rings. The third-order valence-electron chi connectivity index (χ3n) is 3.89. The van der Waals surface area contributed by atoms with Crippen LogP contribution in [0.3, 0.4) is 0 Å². The first-order chi connectivity index (χ1) is 8.90. The van der Waals surface area contributed by atoms with Crippen molar-refractivity contribution in [3.63, 3.8) is 0 Å². The second-order valence-corrected chi connectivity index (χ2v) is 6.11. The average Bonchev–Trinajstić information content (AvgIpc) is 2.94. The molecule has 3 heterocycles. The minimum atomic E-state index is 0.545. The van der Waals surface area contributed by atoms with E-state index in [1.807, 2.05) is 0 Å². The maximum Gasteiger partial charge on any atom is 0.138 e. The van der Waals surface area contributed by atoms with Gasteiger partial charge in [-0.2, -0.15) is 0 Å². The van der Waals surface area contributed by atoms with Crippen molar-refractivity contribution in [2.75, 3.05) is 18.4 Å². The Labute approximate surface area is 110 Å². The highest BCUT2D eigenvalue weighted by atomic mass is 32.1. The van der Waals surface area contributed by atoms with Crippen molar-refractivity contribution in [3.05, 3.63) is 17.8 Å². The van der Waals surface area contributed by atoms with Gasteiger partial charge in [-0.15, -0.1) is 11.3 Å². The summed E-state index contributed by atoms with van der Waals surface area (Å²) in [5.74, 6) is 1.00. The second-order valence-electron chi connectivity index (χ2n) is 5.22. The molecular formula is C13H16N4S. The molecule has 1 N–H and O–H groups in total. The molecule has 0 unspecified atom stereocenters. The Kier molecular flexibility index (Phi) is 2.48. The van der Waals surface area contributed by atoms with Gasteiger partial charge in [0, 0.05) is 25.2 Å². The molecule has 0 aromatic carbocycles. The number of thiophene rings is 1. The van der Waals surface area contributed by atoms with E-state index >= 15 is 0 Å². The minimum Gasteiger partial charge on any atom is -0.365 e. The molecule has 1 aliphatic carbocycles. The summed E-state index contributed by atoms with van der Waals surface area (Å²) in [6.07, 6.45) is 5.69. The predicted molar refractivity (Wildman–Crippen MR) is 74.0 cm³/mol. The Balaban J connectivity index is 1.52. The Bertz CT molecular complexity index is 563. The quantitative estimate of drug-likeness (QED) is 0.919. The number of rotatable bonds is 3. The van der Waals surface area contributed by atoms with Crippen LogP contribution in [0.1, 0.15) is 19.3 Å². The highest BCUT2D eigenvalue weighted by Crippen LogP contribution is 2.31. The first kappa shape index (κ1) is 10.7. The molecule has 4 rings (SSSR count). The minimum absolute atomic E-state index is 0.545. The molecule has 2 aliphatic rings. The molecule has 1 aliphatic heterocycles. The fraction of sp³-hybridized carbons (Fsp3) is 0.538. The van der Waals surface area contributed by atoms with Gasteiger partial charge in [0.15, 0.2) is 0 Å². The molecule has 0 amide bonds. The number of fused-ring (bicyclic) bond motifs is 1. The van der Waals surface area contributed by atoms with Gasteiger partial charge >= 0.3 is 0 Å². The van der Waals surface area contributed by atoms with Crippen molar-refractivity contribution in [2.24, 2.45) is 0 Å². The molecule has 0 bridgehead atoms. The van der Waals surface area contributed by atoms with Crippen LogP contribution >= 0.6 is 11.3 Å². The van der Waals surface area contributed by atoms with E-state index in [0.29, 0.717) is 6.04 Å². The van der Waals surface area contributed by atoms with Crippen molar-refractivity contribution >= 4 is 27.4 Å². The van der Waals surface area contributed by atoms with Gasteiger partial charge in [0.05, 0.1) is 5.39 Å². The molecule has 1 atom stereocenters. The highest BCUT2D eigenvalue weighted by Gasteiger charge is 2.34. The van der Waals surface area contributed by atoms with Gasteiger partial charge in [0.25, 0.3) is 0 Å². The number of likely N-dealkylation sites (tertiary alicyclic amines) is 1. The summed E-state index contributed by atoms with van der Waals surface area (Å²) < 4.78 is 0. The summed E-state index contributed by atoms with van der Waals surface area (Å²) in [7, 11) is 0. The molecule has 1 saturated heterocycles. The molecule has 18 heavy (non-hydrogen) atoms. The lowest BCUT2D eigenvalue weighted by Gasteiger charge is -2.16. The van der Waals surface area contributed by atoms with Crippen LogP contribution in [0.25, 0.3) is 10.2 Å². The largest absolute Gasteiger partial charge is 0.365 e. The van der Waals surface area contributed by atoms with Crippen LogP contribution in [0.2, 0.25) is 0 Å². The lowest BCUT2D eigenvalue weighted by molar-refractivity contribution is 0.326. The molecule has 2 aromatic rings. The van der Waals surface area contributed by atoms with Crippen molar-refractivity contribution in [1.82, 2.24) is 14.9 Å². The number of hydrogen-bond acceptors (Lipinski definition) is 5. The van der Waals surface area contributed by atoms with E-state index in [1.165, 1.54) is 32.4 Å². The Morgan fingerprint density at radius 2 is 2.22 bits per heavy atom. The molecule has 0 spiro atoms. The lowest BCUT2D eigenvalue weighted by atomic mass is 10.2. The first-order valence-corrected chi connectivity index (χ1v) is 7.47. The third-order valence-corrected chi connectivity index (χ3v) is 4.71. The highest BCUT2D eigenvalue weighted by molar-refractivity contribution is 7.16. The van der Waals surface area contributed by atoms with Gasteiger partial charge in [-0.05, 0) is 30.7 Å². The van der Waals surface area contributed by atoms with Crippen molar-refractivity contribution in [1.29, 1.82) is 0 Å². The number of nitrogens with one attached hydrogen (secondary N) is 1. The van der Waals surface area contributed by atoms with E-state index in [4.69, 9.17) is 0 Å². The smallest absolute Gasteiger partial charge is 0.138 e. The molecule has 2 aromatic heterocycles. The molecule has 4 nitrogen and oxygen atoms in total. The third kappa shape index (κ3) is 1.87. The zero-order valence-electron chi connectivity index (χ0n) is 10.2. The molecule has 0 radical (unpaired) electrons. The van der Waals surface area contributed by atoms with Gasteiger partial charge in [0.1, 0.15) is 17.0 Å². The van der Waals surface area contributed by atoms with E-state index < -0.39 is 0 Å². The fourth-order valence-corrected chi connectivity index (χ4v) is 3.51. The molecule has 1 saturated carbocycles. The normalized spacial score (nSPS) is 24.8. The molecule has 94 valence electrons. The number of anilines is 1. The van der Waals surface area contributed by atoms with Crippen molar-refractivity contribution < 1.29 is 0 Å². The van der Waals surface area contributed by atoms with Crippen molar-refractivity contribution in [3.8, 4) is 0 Å². The van der Waals surface area contributed by atoms with E-state index in [-0.39, 0.29) is 0 Å². The van der Waals surface area contributed by atoms with Gasteiger partial charge in [-0.1, -0.05) is 0 Å². The summed E-state index contributed by atoms with van der Waals surface area (Å²) in [5, 5.41) is 6.84. The summed E-state index contributed by atoms with van der Waals surface area (Å²) in [6, 6.07) is 3.53. The Hall–Kier alpha value is -1.20. The van der Waals surface area contributed by atoms with Crippen LogP contribution in [0.5, 0.6) is 0 Å². The van der Waals surface area contributed by atoms with Gasteiger partial charge in [-0.25, -0.2) is 9.97 Å². The van der Waals surface area contributed by atoms with E-state index in [9.17, 15) is 0 Å². The van der Waals surface area contributed by atoms with Gasteiger partial charge < -0.3 is 5.32 Å². The SMILES string of the molecule is c1nc(N[C@@H]2CCN(C3CC3)C2)c2ccsc2n1. The topological polar surface area (TPSA) is 41.1 Å². The van der Waals surface area contributed by atoms with E-state index in [2.05, 4.69) is 31.6 Å².